The number of aliphatic hydroxyl groups is 1. The molecule has 94 valence electrons. The molecule has 2 heteroatoms. The zero-order valence-corrected chi connectivity index (χ0v) is 11.1. The third kappa shape index (κ3) is 2.70. The molecule has 0 radical (unpaired) electrons. The Labute approximate surface area is 104 Å². The van der Waals surface area contributed by atoms with Gasteiger partial charge in [0.1, 0.15) is 0 Å². The van der Waals surface area contributed by atoms with Gasteiger partial charge in [-0.1, -0.05) is 29.3 Å². The van der Waals surface area contributed by atoms with Gasteiger partial charge in [-0.25, -0.2) is 0 Å². The fourth-order valence-electron chi connectivity index (χ4n) is 2.83. The lowest BCUT2D eigenvalue weighted by atomic mass is 9.78. The summed E-state index contributed by atoms with van der Waals surface area (Å²) in [5.74, 6) is 0.317. The van der Waals surface area contributed by atoms with Gasteiger partial charge in [0.15, 0.2) is 0 Å². The van der Waals surface area contributed by atoms with Crippen molar-refractivity contribution in [1.29, 1.82) is 0 Å². The van der Waals surface area contributed by atoms with Crippen molar-refractivity contribution in [2.75, 3.05) is 13.1 Å². The third-order valence-corrected chi connectivity index (χ3v) is 3.90. The number of piperidine rings is 1. The van der Waals surface area contributed by atoms with E-state index in [9.17, 15) is 5.11 Å². The van der Waals surface area contributed by atoms with Gasteiger partial charge in [0, 0.05) is 12.5 Å². The number of benzene rings is 1. The van der Waals surface area contributed by atoms with Crippen LogP contribution in [0, 0.1) is 19.8 Å². The van der Waals surface area contributed by atoms with Crippen molar-refractivity contribution >= 4 is 0 Å². The number of hydrogen-bond acceptors (Lipinski definition) is 2. The second kappa shape index (κ2) is 4.79. The molecule has 1 saturated heterocycles. The Balaban J connectivity index is 2.29. The summed E-state index contributed by atoms with van der Waals surface area (Å²) in [5.41, 5.74) is 2.79. The van der Waals surface area contributed by atoms with Crippen LogP contribution in [0.5, 0.6) is 0 Å². The SMILES string of the molecule is Cc1cc(C)cc(C(C)(O)C2CCCNC2)c1. The van der Waals surface area contributed by atoms with Crippen molar-refractivity contribution in [3.05, 3.63) is 34.9 Å². The molecule has 0 saturated carbocycles. The highest BCUT2D eigenvalue weighted by atomic mass is 16.3. The average Bonchev–Trinajstić information content (AvgIpc) is 2.29. The molecule has 2 nitrogen and oxygen atoms in total. The van der Waals surface area contributed by atoms with Gasteiger partial charge in [-0.2, -0.15) is 0 Å². The highest BCUT2D eigenvalue weighted by Crippen LogP contribution is 2.34. The third-order valence-electron chi connectivity index (χ3n) is 3.90. The molecule has 17 heavy (non-hydrogen) atoms. The van der Waals surface area contributed by atoms with Crippen LogP contribution < -0.4 is 5.32 Å². The van der Waals surface area contributed by atoms with E-state index < -0.39 is 5.60 Å². The standard InChI is InChI=1S/C15H23NO/c1-11-7-12(2)9-14(8-11)15(3,17)13-5-4-6-16-10-13/h7-9,13,16-17H,4-6,10H2,1-3H3. The van der Waals surface area contributed by atoms with E-state index in [1.54, 1.807) is 0 Å². The Morgan fingerprint density at radius 1 is 1.24 bits per heavy atom. The molecule has 1 aromatic rings. The first-order chi connectivity index (χ1) is 8.00. The summed E-state index contributed by atoms with van der Waals surface area (Å²) in [6.45, 7) is 8.13. The van der Waals surface area contributed by atoms with Crippen molar-refractivity contribution in [2.24, 2.45) is 5.92 Å². The zero-order valence-electron chi connectivity index (χ0n) is 11.1. The first-order valence-corrected chi connectivity index (χ1v) is 6.52. The Kier molecular flexibility index (Phi) is 3.55. The Morgan fingerprint density at radius 3 is 2.41 bits per heavy atom. The molecule has 2 atom stereocenters. The van der Waals surface area contributed by atoms with Crippen LogP contribution in [0.2, 0.25) is 0 Å². The first kappa shape index (κ1) is 12.6. The van der Waals surface area contributed by atoms with Gasteiger partial charge in [0.05, 0.1) is 5.60 Å². The predicted octanol–water partition coefficient (Wildman–Crippen LogP) is 2.51. The second-order valence-corrected chi connectivity index (χ2v) is 5.57. The first-order valence-electron chi connectivity index (χ1n) is 6.52. The lowest BCUT2D eigenvalue weighted by Gasteiger charge is -2.36. The summed E-state index contributed by atoms with van der Waals surface area (Å²) in [4.78, 5) is 0. The van der Waals surface area contributed by atoms with Crippen molar-refractivity contribution in [3.8, 4) is 0 Å². The van der Waals surface area contributed by atoms with Gasteiger partial charge in [0.25, 0.3) is 0 Å². The molecule has 2 unspecified atom stereocenters. The second-order valence-electron chi connectivity index (χ2n) is 5.57. The molecule has 1 aliphatic heterocycles. The van der Waals surface area contributed by atoms with E-state index >= 15 is 0 Å². The van der Waals surface area contributed by atoms with E-state index in [1.807, 2.05) is 6.92 Å². The van der Waals surface area contributed by atoms with E-state index in [1.165, 1.54) is 11.1 Å². The molecule has 1 heterocycles. The summed E-state index contributed by atoms with van der Waals surface area (Å²) in [5, 5.41) is 14.2. The minimum atomic E-state index is -0.718. The Bertz CT molecular complexity index is 372. The van der Waals surface area contributed by atoms with Gasteiger partial charge in [0.2, 0.25) is 0 Å². The molecule has 2 rings (SSSR count). The minimum Gasteiger partial charge on any atom is -0.385 e. The lowest BCUT2D eigenvalue weighted by Crippen LogP contribution is -2.42. The van der Waals surface area contributed by atoms with Gasteiger partial charge < -0.3 is 10.4 Å². The summed E-state index contributed by atoms with van der Waals surface area (Å²) in [6.07, 6.45) is 2.26. The molecule has 0 spiro atoms. The molecule has 0 amide bonds. The molecule has 0 bridgehead atoms. The van der Waals surface area contributed by atoms with Crippen LogP contribution in [0.4, 0.5) is 0 Å². The summed E-state index contributed by atoms with van der Waals surface area (Å²) in [7, 11) is 0. The monoisotopic (exact) mass is 233 g/mol. The van der Waals surface area contributed by atoms with Crippen LogP contribution in [0.25, 0.3) is 0 Å². The highest BCUT2D eigenvalue weighted by molar-refractivity contribution is 5.32. The minimum absolute atomic E-state index is 0.317. The number of rotatable bonds is 2. The lowest BCUT2D eigenvalue weighted by molar-refractivity contribution is -0.0157. The molecule has 0 aliphatic carbocycles. The fourth-order valence-corrected chi connectivity index (χ4v) is 2.83. The van der Waals surface area contributed by atoms with Crippen LogP contribution in [0.1, 0.15) is 36.5 Å². The summed E-state index contributed by atoms with van der Waals surface area (Å²) < 4.78 is 0. The van der Waals surface area contributed by atoms with Crippen molar-refractivity contribution < 1.29 is 5.11 Å². The van der Waals surface area contributed by atoms with Gasteiger partial charge in [-0.05, 0) is 45.7 Å². The van der Waals surface area contributed by atoms with Crippen LogP contribution in [0.3, 0.4) is 0 Å². The molecule has 1 aromatic carbocycles. The summed E-state index contributed by atoms with van der Waals surface area (Å²) >= 11 is 0. The normalized spacial score (nSPS) is 24.4. The number of aryl methyl sites for hydroxylation is 2. The smallest absolute Gasteiger partial charge is 0.0908 e. The largest absolute Gasteiger partial charge is 0.385 e. The van der Waals surface area contributed by atoms with Crippen LogP contribution >= 0.6 is 0 Å². The Hall–Kier alpha value is -0.860. The van der Waals surface area contributed by atoms with E-state index in [-0.39, 0.29) is 0 Å². The summed E-state index contributed by atoms with van der Waals surface area (Å²) in [6, 6.07) is 6.38. The fraction of sp³-hybridized carbons (Fsp3) is 0.600. The maximum atomic E-state index is 10.8. The molecule has 0 aromatic heterocycles. The van der Waals surface area contributed by atoms with E-state index in [0.717, 1.165) is 31.5 Å². The highest BCUT2D eigenvalue weighted by Gasteiger charge is 2.34. The molecule has 2 N–H and O–H groups in total. The number of hydrogen-bond donors (Lipinski definition) is 2. The quantitative estimate of drug-likeness (QED) is 0.822. The maximum absolute atomic E-state index is 10.8. The Morgan fingerprint density at radius 2 is 1.88 bits per heavy atom. The maximum Gasteiger partial charge on any atom is 0.0908 e. The van der Waals surface area contributed by atoms with Crippen molar-refractivity contribution in [3.63, 3.8) is 0 Å². The molecule has 1 fully saturated rings. The van der Waals surface area contributed by atoms with Crippen molar-refractivity contribution in [1.82, 2.24) is 5.32 Å². The van der Waals surface area contributed by atoms with E-state index in [2.05, 4.69) is 37.4 Å². The van der Waals surface area contributed by atoms with Gasteiger partial charge >= 0.3 is 0 Å². The van der Waals surface area contributed by atoms with Crippen molar-refractivity contribution in [2.45, 2.75) is 39.2 Å². The predicted molar refractivity (Wildman–Crippen MR) is 71.1 cm³/mol. The van der Waals surface area contributed by atoms with Crippen LogP contribution in [0.15, 0.2) is 18.2 Å². The molecule has 1 aliphatic rings. The van der Waals surface area contributed by atoms with E-state index in [0.29, 0.717) is 5.92 Å². The van der Waals surface area contributed by atoms with Gasteiger partial charge in [-0.3, -0.25) is 0 Å². The number of nitrogens with one attached hydrogen (secondary N) is 1. The topological polar surface area (TPSA) is 32.3 Å². The molecular formula is C15H23NO. The zero-order chi connectivity index (χ0) is 12.5. The van der Waals surface area contributed by atoms with Gasteiger partial charge in [-0.15, -0.1) is 0 Å². The van der Waals surface area contributed by atoms with Crippen LogP contribution in [-0.4, -0.2) is 18.2 Å². The van der Waals surface area contributed by atoms with E-state index in [4.69, 9.17) is 0 Å². The molecular weight excluding hydrogens is 210 g/mol. The average molecular weight is 233 g/mol. The van der Waals surface area contributed by atoms with Crippen LogP contribution in [-0.2, 0) is 5.60 Å².